The average molecular weight is 378 g/mol. The number of nitrogens with zero attached hydrogens (tertiary/aromatic N) is 2. The first-order valence-corrected chi connectivity index (χ1v) is 7.58. The van der Waals surface area contributed by atoms with Crippen molar-refractivity contribution in [3.05, 3.63) is 44.7 Å². The van der Waals surface area contributed by atoms with Gasteiger partial charge in [-0.05, 0) is 19.1 Å². The third kappa shape index (κ3) is 3.60. The normalized spacial score (nSPS) is 10.6. The number of ether oxygens (including phenoxy) is 1. The number of aliphatic carboxylic acids is 1. The van der Waals surface area contributed by atoms with Crippen molar-refractivity contribution in [2.45, 2.75) is 13.5 Å². The highest BCUT2D eigenvalue weighted by molar-refractivity contribution is 6.45. The SMILES string of the molecule is CCn1ncc(Cl)c1C(=O)c1ccc(OCC(=O)O)c(Cl)c1Cl. The summed E-state index contributed by atoms with van der Waals surface area (Å²) in [4.78, 5) is 23.2. The molecule has 0 radical (unpaired) electrons. The Morgan fingerprint density at radius 2 is 1.96 bits per heavy atom. The van der Waals surface area contributed by atoms with E-state index in [1.165, 1.54) is 23.0 Å². The summed E-state index contributed by atoms with van der Waals surface area (Å²) in [5.74, 6) is -1.52. The van der Waals surface area contributed by atoms with Crippen molar-refractivity contribution in [2.75, 3.05) is 6.61 Å². The van der Waals surface area contributed by atoms with Gasteiger partial charge in [-0.15, -0.1) is 0 Å². The Balaban J connectivity index is 2.40. The van der Waals surface area contributed by atoms with Gasteiger partial charge in [-0.1, -0.05) is 34.8 Å². The molecule has 1 aromatic carbocycles. The topological polar surface area (TPSA) is 81.4 Å². The molecule has 0 bridgehead atoms. The van der Waals surface area contributed by atoms with Crippen molar-refractivity contribution < 1.29 is 19.4 Å². The summed E-state index contributed by atoms with van der Waals surface area (Å²) >= 11 is 18.2. The second-order valence-electron chi connectivity index (χ2n) is 4.41. The van der Waals surface area contributed by atoms with Gasteiger partial charge in [0.15, 0.2) is 6.61 Å². The number of rotatable bonds is 6. The molecule has 0 aliphatic carbocycles. The average Bonchev–Trinajstić information content (AvgIpc) is 2.88. The van der Waals surface area contributed by atoms with E-state index in [-0.39, 0.29) is 32.1 Å². The fourth-order valence-electron chi connectivity index (χ4n) is 1.91. The highest BCUT2D eigenvalue weighted by Crippen LogP contribution is 2.36. The summed E-state index contributed by atoms with van der Waals surface area (Å²) in [5.41, 5.74) is 0.322. The Bertz CT molecular complexity index is 774. The van der Waals surface area contributed by atoms with Gasteiger partial charge in [0.2, 0.25) is 5.78 Å². The third-order valence-corrected chi connectivity index (χ3v) is 4.09. The van der Waals surface area contributed by atoms with Crippen molar-refractivity contribution in [1.82, 2.24) is 9.78 Å². The van der Waals surface area contributed by atoms with Gasteiger partial charge in [0, 0.05) is 12.1 Å². The summed E-state index contributed by atoms with van der Waals surface area (Å²) in [6.07, 6.45) is 1.37. The molecule has 6 nitrogen and oxygen atoms in total. The number of carbonyl (C=O) groups is 2. The number of aromatic nitrogens is 2. The number of ketones is 1. The number of carboxylic acids is 1. The lowest BCUT2D eigenvalue weighted by Crippen LogP contribution is -2.13. The molecular weight excluding hydrogens is 367 g/mol. The molecule has 0 fully saturated rings. The Kier molecular flexibility index (Phi) is 5.51. The summed E-state index contributed by atoms with van der Waals surface area (Å²) < 4.78 is 6.45. The van der Waals surface area contributed by atoms with Crippen molar-refractivity contribution in [2.24, 2.45) is 0 Å². The number of hydrogen-bond donors (Lipinski definition) is 1. The van der Waals surface area contributed by atoms with E-state index in [2.05, 4.69) is 5.10 Å². The molecule has 122 valence electrons. The molecule has 0 unspecified atom stereocenters. The van der Waals surface area contributed by atoms with Crippen LogP contribution in [-0.4, -0.2) is 33.2 Å². The van der Waals surface area contributed by atoms with Crippen LogP contribution in [0.5, 0.6) is 5.75 Å². The van der Waals surface area contributed by atoms with Crippen LogP contribution in [0.1, 0.15) is 23.0 Å². The molecule has 0 amide bonds. The second-order valence-corrected chi connectivity index (χ2v) is 5.57. The molecular formula is C14H11Cl3N2O4. The first kappa shape index (κ1) is 17.6. The minimum absolute atomic E-state index is 0.0422. The Hall–Kier alpha value is -1.76. The fourth-order valence-corrected chi connectivity index (χ4v) is 2.60. The van der Waals surface area contributed by atoms with Crippen molar-refractivity contribution in [3.63, 3.8) is 0 Å². The minimum Gasteiger partial charge on any atom is -0.480 e. The maximum atomic E-state index is 12.6. The van der Waals surface area contributed by atoms with Crippen molar-refractivity contribution in [3.8, 4) is 5.75 Å². The van der Waals surface area contributed by atoms with Crippen molar-refractivity contribution in [1.29, 1.82) is 0 Å². The minimum atomic E-state index is -1.16. The quantitative estimate of drug-likeness (QED) is 0.778. The van der Waals surface area contributed by atoms with Gasteiger partial charge in [-0.25, -0.2) is 4.79 Å². The lowest BCUT2D eigenvalue weighted by atomic mass is 10.1. The molecule has 0 atom stereocenters. The summed E-state index contributed by atoms with van der Waals surface area (Å²) in [5, 5.41) is 12.7. The third-order valence-electron chi connectivity index (χ3n) is 2.95. The largest absolute Gasteiger partial charge is 0.480 e. The van der Waals surface area contributed by atoms with E-state index >= 15 is 0 Å². The maximum absolute atomic E-state index is 12.6. The van der Waals surface area contributed by atoms with Gasteiger partial charge in [0.05, 0.1) is 16.2 Å². The van der Waals surface area contributed by atoms with E-state index in [1.807, 2.05) is 6.92 Å². The highest BCUT2D eigenvalue weighted by atomic mass is 35.5. The smallest absolute Gasteiger partial charge is 0.341 e. The van der Waals surface area contributed by atoms with Gasteiger partial charge >= 0.3 is 5.97 Å². The van der Waals surface area contributed by atoms with Gasteiger partial charge in [0.25, 0.3) is 0 Å². The van der Waals surface area contributed by atoms with E-state index < -0.39 is 18.4 Å². The zero-order chi connectivity index (χ0) is 17.1. The summed E-state index contributed by atoms with van der Waals surface area (Å²) in [7, 11) is 0. The fraction of sp³-hybridized carbons (Fsp3) is 0.214. The predicted octanol–water partition coefficient (Wildman–Crippen LogP) is 3.56. The second kappa shape index (κ2) is 7.21. The van der Waals surface area contributed by atoms with Gasteiger partial charge in [-0.3, -0.25) is 9.48 Å². The van der Waals surface area contributed by atoms with Crippen LogP contribution in [0, 0.1) is 0 Å². The van der Waals surface area contributed by atoms with Gasteiger partial charge in [0.1, 0.15) is 16.5 Å². The van der Waals surface area contributed by atoms with Crippen molar-refractivity contribution >= 4 is 46.6 Å². The van der Waals surface area contributed by atoms with Crippen LogP contribution in [0.2, 0.25) is 15.1 Å². The zero-order valence-electron chi connectivity index (χ0n) is 11.8. The van der Waals surface area contributed by atoms with Crippen LogP contribution >= 0.6 is 34.8 Å². The number of benzene rings is 1. The molecule has 0 spiro atoms. The number of carboxylic acid groups (broad SMARTS) is 1. The molecule has 0 saturated heterocycles. The Labute approximate surface area is 146 Å². The summed E-state index contributed by atoms with van der Waals surface area (Å²) in [6, 6.07) is 2.78. The highest BCUT2D eigenvalue weighted by Gasteiger charge is 2.23. The number of aryl methyl sites for hydroxylation is 1. The molecule has 0 saturated carbocycles. The lowest BCUT2D eigenvalue weighted by molar-refractivity contribution is -0.139. The molecule has 9 heteroatoms. The molecule has 2 aromatic rings. The Morgan fingerprint density at radius 3 is 2.57 bits per heavy atom. The molecule has 2 rings (SSSR count). The number of halogens is 3. The number of hydrogen-bond acceptors (Lipinski definition) is 4. The molecule has 1 aromatic heterocycles. The van der Waals surface area contributed by atoms with E-state index in [1.54, 1.807) is 0 Å². The van der Waals surface area contributed by atoms with Crippen LogP contribution in [0.15, 0.2) is 18.3 Å². The van der Waals surface area contributed by atoms with Gasteiger partial charge < -0.3 is 9.84 Å². The molecule has 0 aliphatic rings. The number of carbonyl (C=O) groups excluding carboxylic acids is 1. The van der Waals surface area contributed by atoms with E-state index in [0.717, 1.165) is 0 Å². The molecule has 1 heterocycles. The molecule has 23 heavy (non-hydrogen) atoms. The maximum Gasteiger partial charge on any atom is 0.341 e. The Morgan fingerprint density at radius 1 is 1.26 bits per heavy atom. The standard InChI is InChI=1S/C14H11Cl3N2O4/c1-2-19-13(8(15)5-18-19)14(22)7-3-4-9(12(17)11(7)16)23-6-10(20)21/h3-5H,2,6H2,1H3,(H,20,21). The summed E-state index contributed by atoms with van der Waals surface area (Å²) in [6.45, 7) is 1.70. The first-order valence-electron chi connectivity index (χ1n) is 6.45. The van der Waals surface area contributed by atoms with Crippen LogP contribution in [0.25, 0.3) is 0 Å². The lowest BCUT2D eigenvalue weighted by Gasteiger charge is -2.11. The van der Waals surface area contributed by atoms with Crippen LogP contribution in [0.4, 0.5) is 0 Å². The van der Waals surface area contributed by atoms with Crippen LogP contribution in [-0.2, 0) is 11.3 Å². The molecule has 0 aliphatic heterocycles. The zero-order valence-corrected chi connectivity index (χ0v) is 14.1. The van der Waals surface area contributed by atoms with E-state index in [0.29, 0.717) is 6.54 Å². The monoisotopic (exact) mass is 376 g/mol. The predicted molar refractivity (Wildman–Crippen MR) is 85.9 cm³/mol. The van der Waals surface area contributed by atoms with Crippen LogP contribution < -0.4 is 4.74 Å². The van der Waals surface area contributed by atoms with Crippen LogP contribution in [0.3, 0.4) is 0 Å². The van der Waals surface area contributed by atoms with E-state index in [9.17, 15) is 9.59 Å². The first-order chi connectivity index (χ1) is 10.9. The van der Waals surface area contributed by atoms with Gasteiger partial charge in [-0.2, -0.15) is 5.10 Å². The van der Waals surface area contributed by atoms with E-state index in [4.69, 9.17) is 44.6 Å². The molecule has 1 N–H and O–H groups in total.